The molecule has 4 aromatic carbocycles. The highest BCUT2D eigenvalue weighted by Crippen LogP contribution is 2.35. The minimum atomic E-state index is -0.603. The van der Waals surface area contributed by atoms with Crippen molar-refractivity contribution in [3.63, 3.8) is 0 Å². The van der Waals surface area contributed by atoms with Crippen molar-refractivity contribution in [2.45, 2.75) is 32.5 Å². The predicted molar refractivity (Wildman–Crippen MR) is 192 cm³/mol. The Kier molecular flexibility index (Phi) is 9.66. The molecule has 0 spiro atoms. The number of ether oxygens (including phenoxy) is 2. The molecule has 0 aliphatic carbocycles. The number of amides is 3. The SMILES string of the molecule is CCOC(=O)CCN1CN(C(c2ccccc2)c2ccccc2CN2C(=O)c3ccccc3C2=O)n2ccc(=O)c(OCc3ccccc3)c2C1=O. The van der Waals surface area contributed by atoms with Crippen molar-refractivity contribution in [1.82, 2.24) is 14.5 Å². The number of fused-ring (bicyclic) bond motifs is 2. The fraction of sp³-hybridized carbons (Fsp3) is 0.195. The van der Waals surface area contributed by atoms with E-state index >= 15 is 0 Å². The first-order chi connectivity index (χ1) is 25.4. The zero-order valence-corrected chi connectivity index (χ0v) is 28.5. The summed E-state index contributed by atoms with van der Waals surface area (Å²) in [5.41, 5.74) is 3.39. The number of pyridine rings is 1. The van der Waals surface area contributed by atoms with Crippen LogP contribution in [0.15, 0.2) is 126 Å². The number of rotatable bonds is 12. The van der Waals surface area contributed by atoms with E-state index in [2.05, 4.69) is 0 Å². The van der Waals surface area contributed by atoms with Crippen LogP contribution in [0.1, 0.15) is 72.8 Å². The number of carbonyl (C=O) groups excluding carboxylic acids is 4. The topological polar surface area (TPSA) is 118 Å². The standard InChI is InChI=1S/C41H36N4O7/c1-2-51-35(47)22-23-42-27-45(44-24-21-34(46)38(37(44)41(42)50)52-26-28-13-5-3-6-14-28)36(29-15-7-4-8-16-29)31-18-10-9-17-30(31)25-43-39(48)32-19-11-12-20-33(32)40(43)49/h3-21,24,36H,2,22-23,25-27H2,1H3. The lowest BCUT2D eigenvalue weighted by Crippen LogP contribution is -2.56. The van der Waals surface area contributed by atoms with Crippen LogP contribution in [0.3, 0.4) is 0 Å². The van der Waals surface area contributed by atoms with Gasteiger partial charge in [0.25, 0.3) is 17.7 Å². The van der Waals surface area contributed by atoms with Gasteiger partial charge >= 0.3 is 5.97 Å². The summed E-state index contributed by atoms with van der Waals surface area (Å²) in [6.07, 6.45) is 1.49. The Labute approximate surface area is 300 Å². The Morgan fingerprint density at radius 2 is 1.38 bits per heavy atom. The first kappa shape index (κ1) is 34.0. The average Bonchev–Trinajstić information content (AvgIpc) is 3.41. The van der Waals surface area contributed by atoms with Gasteiger partial charge in [-0.3, -0.25) is 38.6 Å². The minimum Gasteiger partial charge on any atom is -0.482 e. The summed E-state index contributed by atoms with van der Waals surface area (Å²) in [6, 6.07) is 34.0. The molecular weight excluding hydrogens is 660 g/mol. The predicted octanol–water partition coefficient (Wildman–Crippen LogP) is 5.32. The Balaban J connectivity index is 1.34. The first-order valence-electron chi connectivity index (χ1n) is 17.1. The van der Waals surface area contributed by atoms with Crippen molar-refractivity contribution in [3.8, 4) is 5.75 Å². The molecule has 3 amide bonds. The van der Waals surface area contributed by atoms with Crippen LogP contribution < -0.4 is 15.2 Å². The number of benzene rings is 4. The lowest BCUT2D eigenvalue weighted by Gasteiger charge is -2.44. The molecule has 2 aliphatic heterocycles. The number of hydrogen-bond acceptors (Lipinski definition) is 8. The molecule has 0 saturated heterocycles. The van der Waals surface area contributed by atoms with Crippen molar-refractivity contribution in [1.29, 1.82) is 0 Å². The summed E-state index contributed by atoms with van der Waals surface area (Å²) in [4.78, 5) is 70.0. The van der Waals surface area contributed by atoms with Gasteiger partial charge in [0.05, 0.1) is 36.7 Å². The lowest BCUT2D eigenvalue weighted by atomic mass is 9.93. The largest absolute Gasteiger partial charge is 0.482 e. The zero-order chi connectivity index (χ0) is 36.2. The molecule has 11 heteroatoms. The molecular formula is C41H36N4O7. The highest BCUT2D eigenvalue weighted by Gasteiger charge is 2.39. The van der Waals surface area contributed by atoms with E-state index in [4.69, 9.17) is 9.47 Å². The molecule has 3 heterocycles. The zero-order valence-electron chi connectivity index (χ0n) is 28.5. The summed E-state index contributed by atoms with van der Waals surface area (Å²) in [5.74, 6) is -1.79. The monoisotopic (exact) mass is 696 g/mol. The molecule has 11 nitrogen and oxygen atoms in total. The fourth-order valence-corrected chi connectivity index (χ4v) is 6.73. The molecule has 1 atom stereocenters. The Morgan fingerprint density at radius 1 is 0.750 bits per heavy atom. The Morgan fingerprint density at radius 3 is 2.08 bits per heavy atom. The summed E-state index contributed by atoms with van der Waals surface area (Å²) >= 11 is 0. The molecule has 1 unspecified atom stereocenters. The van der Waals surface area contributed by atoms with Crippen LogP contribution in [0.2, 0.25) is 0 Å². The molecule has 5 aromatic rings. The molecule has 0 fully saturated rings. The molecule has 0 bridgehead atoms. The molecule has 0 radical (unpaired) electrons. The normalized spacial score (nSPS) is 14.2. The van der Waals surface area contributed by atoms with Crippen molar-refractivity contribution in [2.24, 2.45) is 0 Å². The molecule has 262 valence electrons. The van der Waals surface area contributed by atoms with E-state index in [0.29, 0.717) is 16.7 Å². The number of hydrogen-bond donors (Lipinski definition) is 0. The first-order valence-corrected chi connectivity index (χ1v) is 17.1. The van der Waals surface area contributed by atoms with E-state index in [1.165, 1.54) is 15.9 Å². The lowest BCUT2D eigenvalue weighted by molar-refractivity contribution is -0.143. The third kappa shape index (κ3) is 6.56. The van der Waals surface area contributed by atoms with Gasteiger partial charge in [-0.25, -0.2) is 0 Å². The summed E-state index contributed by atoms with van der Waals surface area (Å²) in [7, 11) is 0. The maximum Gasteiger partial charge on any atom is 0.307 e. The second kappa shape index (κ2) is 14.8. The van der Waals surface area contributed by atoms with E-state index < -0.39 is 23.3 Å². The van der Waals surface area contributed by atoms with Gasteiger partial charge in [0.15, 0.2) is 11.4 Å². The molecule has 0 N–H and O–H groups in total. The van der Waals surface area contributed by atoms with Gasteiger partial charge in [-0.05, 0) is 41.3 Å². The molecule has 1 aromatic heterocycles. The third-order valence-corrected chi connectivity index (χ3v) is 9.20. The van der Waals surface area contributed by atoms with Crippen LogP contribution in [0.4, 0.5) is 0 Å². The summed E-state index contributed by atoms with van der Waals surface area (Å²) < 4.78 is 12.9. The number of carbonyl (C=O) groups is 4. The number of esters is 1. The average molecular weight is 697 g/mol. The highest BCUT2D eigenvalue weighted by molar-refractivity contribution is 6.21. The summed E-state index contributed by atoms with van der Waals surface area (Å²) in [5, 5.41) is 1.92. The summed E-state index contributed by atoms with van der Waals surface area (Å²) in [6.45, 7) is 2.02. The van der Waals surface area contributed by atoms with Crippen LogP contribution in [0.25, 0.3) is 0 Å². The van der Waals surface area contributed by atoms with Crippen molar-refractivity contribution in [2.75, 3.05) is 24.8 Å². The Bertz CT molecular complexity index is 2170. The smallest absolute Gasteiger partial charge is 0.307 e. The highest BCUT2D eigenvalue weighted by atomic mass is 16.5. The van der Waals surface area contributed by atoms with E-state index in [1.807, 2.05) is 89.9 Å². The van der Waals surface area contributed by atoms with Crippen LogP contribution >= 0.6 is 0 Å². The number of imide groups is 1. The minimum absolute atomic E-state index is 0.00759. The second-order valence-corrected chi connectivity index (χ2v) is 12.4. The molecule has 52 heavy (non-hydrogen) atoms. The number of nitrogens with zero attached hydrogens (tertiary/aromatic N) is 4. The van der Waals surface area contributed by atoms with Crippen LogP contribution in [0, 0.1) is 0 Å². The van der Waals surface area contributed by atoms with Crippen LogP contribution in [-0.4, -0.2) is 58.0 Å². The van der Waals surface area contributed by atoms with Gasteiger partial charge in [-0.2, -0.15) is 0 Å². The van der Waals surface area contributed by atoms with E-state index in [1.54, 1.807) is 42.1 Å². The van der Waals surface area contributed by atoms with E-state index in [9.17, 15) is 24.0 Å². The Hall–Kier alpha value is -6.49. The maximum atomic E-state index is 14.3. The maximum absolute atomic E-state index is 14.3. The van der Waals surface area contributed by atoms with Gasteiger partial charge in [0.1, 0.15) is 13.3 Å². The van der Waals surface area contributed by atoms with Gasteiger partial charge < -0.3 is 14.4 Å². The molecule has 7 rings (SSSR count). The van der Waals surface area contributed by atoms with Gasteiger partial charge in [0, 0.05) is 18.8 Å². The number of aromatic nitrogens is 1. The quantitative estimate of drug-likeness (QED) is 0.127. The van der Waals surface area contributed by atoms with Gasteiger partial charge in [-0.1, -0.05) is 97.1 Å². The van der Waals surface area contributed by atoms with Crippen LogP contribution in [-0.2, 0) is 22.7 Å². The third-order valence-electron chi connectivity index (χ3n) is 9.20. The van der Waals surface area contributed by atoms with Crippen molar-refractivity contribution >= 4 is 23.7 Å². The van der Waals surface area contributed by atoms with Gasteiger partial charge in [-0.15, -0.1) is 0 Å². The van der Waals surface area contributed by atoms with Crippen molar-refractivity contribution < 1.29 is 28.7 Å². The van der Waals surface area contributed by atoms with E-state index in [-0.39, 0.29) is 62.7 Å². The molecule has 2 aliphatic rings. The van der Waals surface area contributed by atoms with E-state index in [0.717, 1.165) is 16.7 Å². The molecule has 0 saturated carbocycles. The fourth-order valence-electron chi connectivity index (χ4n) is 6.73. The van der Waals surface area contributed by atoms with Crippen LogP contribution in [0.5, 0.6) is 5.75 Å². The second-order valence-electron chi connectivity index (χ2n) is 12.4. The van der Waals surface area contributed by atoms with Crippen molar-refractivity contribution in [3.05, 3.63) is 171 Å². The van der Waals surface area contributed by atoms with Gasteiger partial charge in [0.2, 0.25) is 5.43 Å².